The van der Waals surface area contributed by atoms with Gasteiger partial charge in [-0.3, -0.25) is 0 Å². The summed E-state index contributed by atoms with van der Waals surface area (Å²) in [5.74, 6) is 0. The van der Waals surface area contributed by atoms with Crippen LogP contribution in [-0.4, -0.2) is 4.98 Å². The van der Waals surface area contributed by atoms with E-state index in [1.807, 2.05) is 0 Å². The van der Waals surface area contributed by atoms with Gasteiger partial charge in [-0.05, 0) is 52.2 Å². The molecule has 1 aliphatic rings. The molecule has 0 radical (unpaired) electrons. The number of H-pyrrole nitrogens is 1. The Balaban J connectivity index is 2.34. The van der Waals surface area contributed by atoms with Crippen LogP contribution in [0.1, 0.15) is 31.5 Å². The molecule has 0 spiro atoms. The molecule has 1 aliphatic carbocycles. The summed E-state index contributed by atoms with van der Waals surface area (Å²) in [6.45, 7) is 4.69. The van der Waals surface area contributed by atoms with E-state index in [1.54, 1.807) is 0 Å². The van der Waals surface area contributed by atoms with Crippen molar-refractivity contribution < 1.29 is 0 Å². The first-order valence-corrected chi connectivity index (χ1v) is 5.22. The van der Waals surface area contributed by atoms with Crippen molar-refractivity contribution >= 4 is 15.9 Å². The molecule has 66 valence electrons. The van der Waals surface area contributed by atoms with E-state index in [-0.39, 0.29) is 0 Å². The third kappa shape index (κ3) is 1.45. The van der Waals surface area contributed by atoms with Gasteiger partial charge in [-0.25, -0.2) is 0 Å². The summed E-state index contributed by atoms with van der Waals surface area (Å²) >= 11 is 3.47. The Kier molecular flexibility index (Phi) is 1.83. The zero-order chi connectivity index (χ0) is 8.77. The number of hydrogen-bond donors (Lipinski definition) is 1. The molecule has 0 aliphatic heterocycles. The molecule has 1 aromatic heterocycles. The number of fused-ring (bicyclic) bond motifs is 1. The Bertz CT molecular complexity index is 299. The number of aryl methyl sites for hydroxylation is 1. The van der Waals surface area contributed by atoms with Gasteiger partial charge in [-0.1, -0.05) is 13.8 Å². The Morgan fingerprint density at radius 3 is 3.00 bits per heavy atom. The van der Waals surface area contributed by atoms with Gasteiger partial charge in [-0.2, -0.15) is 0 Å². The Hall–Kier alpha value is -0.240. The van der Waals surface area contributed by atoms with Crippen molar-refractivity contribution in [1.82, 2.24) is 4.98 Å². The van der Waals surface area contributed by atoms with Crippen molar-refractivity contribution in [2.45, 2.75) is 33.1 Å². The van der Waals surface area contributed by atoms with Gasteiger partial charge >= 0.3 is 0 Å². The van der Waals surface area contributed by atoms with E-state index in [1.165, 1.54) is 30.5 Å². The number of rotatable bonds is 0. The zero-order valence-corrected chi connectivity index (χ0v) is 9.16. The van der Waals surface area contributed by atoms with Crippen LogP contribution in [0, 0.1) is 5.41 Å². The summed E-state index contributed by atoms with van der Waals surface area (Å²) in [7, 11) is 0. The highest BCUT2D eigenvalue weighted by Crippen LogP contribution is 2.35. The first-order valence-electron chi connectivity index (χ1n) is 4.43. The molecule has 1 nitrogen and oxygen atoms in total. The normalized spacial score (nSPS) is 20.6. The molecular weight excluding hydrogens is 214 g/mol. The Morgan fingerprint density at radius 2 is 2.25 bits per heavy atom. The molecule has 0 fully saturated rings. The van der Waals surface area contributed by atoms with Gasteiger partial charge < -0.3 is 4.98 Å². The molecule has 0 saturated heterocycles. The predicted molar refractivity (Wildman–Crippen MR) is 54.3 cm³/mol. The van der Waals surface area contributed by atoms with Gasteiger partial charge in [0.1, 0.15) is 0 Å². The van der Waals surface area contributed by atoms with Crippen LogP contribution in [-0.2, 0) is 12.8 Å². The molecular formula is C10H14BrN. The highest BCUT2D eigenvalue weighted by atomic mass is 79.9. The number of halogens is 1. The molecule has 1 aromatic rings. The van der Waals surface area contributed by atoms with Crippen molar-refractivity contribution in [1.29, 1.82) is 0 Å². The molecule has 2 rings (SSSR count). The molecule has 1 heterocycles. The third-order valence-corrected chi connectivity index (χ3v) is 3.11. The zero-order valence-electron chi connectivity index (χ0n) is 7.58. The molecule has 12 heavy (non-hydrogen) atoms. The summed E-state index contributed by atoms with van der Waals surface area (Å²) in [4.78, 5) is 3.35. The summed E-state index contributed by atoms with van der Waals surface area (Å²) < 4.78 is 1.13. The quantitative estimate of drug-likeness (QED) is 0.701. The van der Waals surface area contributed by atoms with E-state index >= 15 is 0 Å². The van der Waals surface area contributed by atoms with Gasteiger partial charge in [0.05, 0.1) is 4.60 Å². The fraction of sp³-hybridized carbons (Fsp3) is 0.600. The molecule has 0 saturated carbocycles. The molecule has 1 N–H and O–H groups in total. The smallest absolute Gasteiger partial charge is 0.0825 e. The van der Waals surface area contributed by atoms with E-state index in [0.29, 0.717) is 5.41 Å². The van der Waals surface area contributed by atoms with Gasteiger partial charge in [0.25, 0.3) is 0 Å². The molecule has 0 unspecified atom stereocenters. The van der Waals surface area contributed by atoms with Crippen LogP contribution in [0.15, 0.2) is 10.7 Å². The molecule has 2 heteroatoms. The maximum absolute atomic E-state index is 3.47. The van der Waals surface area contributed by atoms with E-state index in [9.17, 15) is 0 Å². The number of nitrogens with one attached hydrogen (secondary N) is 1. The predicted octanol–water partition coefficient (Wildman–Crippen LogP) is 3.29. The average molecular weight is 228 g/mol. The van der Waals surface area contributed by atoms with Crippen molar-refractivity contribution in [3.05, 3.63) is 21.9 Å². The van der Waals surface area contributed by atoms with Crippen LogP contribution < -0.4 is 0 Å². The van der Waals surface area contributed by atoms with Gasteiger partial charge in [0.2, 0.25) is 0 Å². The second kappa shape index (κ2) is 2.63. The minimum Gasteiger partial charge on any atom is -0.353 e. The highest BCUT2D eigenvalue weighted by molar-refractivity contribution is 9.10. The van der Waals surface area contributed by atoms with Gasteiger partial charge in [0, 0.05) is 5.69 Å². The van der Waals surface area contributed by atoms with Crippen LogP contribution in [0.4, 0.5) is 0 Å². The first kappa shape index (κ1) is 8.36. The summed E-state index contributed by atoms with van der Waals surface area (Å²) in [6, 6.07) is 2.22. The monoisotopic (exact) mass is 227 g/mol. The molecule has 0 aromatic carbocycles. The SMILES string of the molecule is CC1(C)CCc2[nH]c(Br)cc2C1. The van der Waals surface area contributed by atoms with E-state index in [2.05, 4.69) is 40.8 Å². The van der Waals surface area contributed by atoms with Crippen LogP contribution in [0.3, 0.4) is 0 Å². The molecule has 0 amide bonds. The second-order valence-electron chi connectivity index (χ2n) is 4.46. The number of aromatic amines is 1. The van der Waals surface area contributed by atoms with Crippen LogP contribution in [0.5, 0.6) is 0 Å². The molecule has 0 atom stereocenters. The second-order valence-corrected chi connectivity index (χ2v) is 5.32. The highest BCUT2D eigenvalue weighted by Gasteiger charge is 2.26. The van der Waals surface area contributed by atoms with Crippen LogP contribution in [0.25, 0.3) is 0 Å². The van der Waals surface area contributed by atoms with Gasteiger partial charge in [-0.15, -0.1) is 0 Å². The molecule has 0 bridgehead atoms. The fourth-order valence-corrected chi connectivity index (χ4v) is 2.46. The van der Waals surface area contributed by atoms with Crippen molar-refractivity contribution in [2.24, 2.45) is 5.41 Å². The lowest BCUT2D eigenvalue weighted by Crippen LogP contribution is -2.21. The van der Waals surface area contributed by atoms with E-state index < -0.39 is 0 Å². The minimum atomic E-state index is 0.495. The minimum absolute atomic E-state index is 0.495. The first-order chi connectivity index (χ1) is 5.57. The van der Waals surface area contributed by atoms with E-state index in [0.717, 1.165) is 4.60 Å². The van der Waals surface area contributed by atoms with Crippen LogP contribution in [0.2, 0.25) is 0 Å². The lowest BCUT2D eigenvalue weighted by Gasteiger charge is -2.29. The largest absolute Gasteiger partial charge is 0.353 e. The Labute approximate surface area is 81.7 Å². The lowest BCUT2D eigenvalue weighted by atomic mass is 9.77. The van der Waals surface area contributed by atoms with Crippen molar-refractivity contribution in [3.63, 3.8) is 0 Å². The van der Waals surface area contributed by atoms with Crippen LogP contribution >= 0.6 is 15.9 Å². The topological polar surface area (TPSA) is 15.8 Å². The third-order valence-electron chi connectivity index (χ3n) is 2.68. The number of aromatic nitrogens is 1. The van der Waals surface area contributed by atoms with Crippen molar-refractivity contribution in [2.75, 3.05) is 0 Å². The number of hydrogen-bond acceptors (Lipinski definition) is 0. The van der Waals surface area contributed by atoms with Gasteiger partial charge in [0.15, 0.2) is 0 Å². The maximum Gasteiger partial charge on any atom is 0.0825 e. The van der Waals surface area contributed by atoms with Crippen molar-refractivity contribution in [3.8, 4) is 0 Å². The average Bonchev–Trinajstić information content (AvgIpc) is 2.26. The Morgan fingerprint density at radius 1 is 1.50 bits per heavy atom. The summed E-state index contributed by atoms with van der Waals surface area (Å²) in [5.41, 5.74) is 3.42. The fourth-order valence-electron chi connectivity index (χ4n) is 1.95. The maximum atomic E-state index is 3.47. The standard InChI is InChI=1S/C10H14BrN/c1-10(2)4-3-8-7(6-10)5-9(11)12-8/h5,12H,3-4,6H2,1-2H3. The summed E-state index contributed by atoms with van der Waals surface area (Å²) in [6.07, 6.45) is 3.71. The summed E-state index contributed by atoms with van der Waals surface area (Å²) in [5, 5.41) is 0. The lowest BCUT2D eigenvalue weighted by molar-refractivity contribution is 0.314. The van der Waals surface area contributed by atoms with E-state index in [4.69, 9.17) is 0 Å².